The zero-order chi connectivity index (χ0) is 13.0. The highest BCUT2D eigenvalue weighted by Crippen LogP contribution is 2.37. The van der Waals surface area contributed by atoms with Gasteiger partial charge >= 0.3 is 0 Å². The van der Waals surface area contributed by atoms with Gasteiger partial charge in [0.15, 0.2) is 5.78 Å². The largest absolute Gasteiger partial charge is 0.332 e. The van der Waals surface area contributed by atoms with Crippen molar-refractivity contribution < 1.29 is 9.59 Å². The van der Waals surface area contributed by atoms with Gasteiger partial charge in [0, 0.05) is 27.1 Å². The van der Waals surface area contributed by atoms with Gasteiger partial charge in [0.25, 0.3) is 0 Å². The summed E-state index contributed by atoms with van der Waals surface area (Å²) in [5.74, 6) is 0.261. The first kappa shape index (κ1) is 11.2. The predicted molar refractivity (Wildman–Crippen MR) is 74.6 cm³/mol. The van der Waals surface area contributed by atoms with E-state index in [9.17, 15) is 9.59 Å². The molecule has 0 spiro atoms. The third-order valence-corrected chi connectivity index (χ3v) is 5.27. The number of ketones is 1. The van der Waals surface area contributed by atoms with Crippen LogP contribution in [0.2, 0.25) is 0 Å². The van der Waals surface area contributed by atoms with E-state index in [1.165, 1.54) is 0 Å². The summed E-state index contributed by atoms with van der Waals surface area (Å²) in [5.41, 5.74) is 0.809. The van der Waals surface area contributed by atoms with Gasteiger partial charge in [0.05, 0.1) is 12.5 Å². The number of thiophene rings is 1. The van der Waals surface area contributed by atoms with E-state index in [0.717, 1.165) is 39.9 Å². The van der Waals surface area contributed by atoms with E-state index in [1.54, 1.807) is 16.2 Å². The third kappa shape index (κ3) is 1.49. The number of Topliss-reactive ketones (excluding diaryl/α,β-unsaturated/α-hetero) is 1. The Balaban J connectivity index is 1.97. The van der Waals surface area contributed by atoms with Crippen LogP contribution in [0.3, 0.4) is 0 Å². The molecule has 1 atom stereocenters. The van der Waals surface area contributed by atoms with E-state index in [0.29, 0.717) is 6.42 Å². The van der Waals surface area contributed by atoms with Gasteiger partial charge in [-0.25, -0.2) is 0 Å². The fraction of sp³-hybridized carbons (Fsp3) is 0.333. The Labute approximate surface area is 114 Å². The first-order chi connectivity index (χ1) is 9.25. The van der Waals surface area contributed by atoms with Crippen LogP contribution in [0.4, 0.5) is 0 Å². The molecule has 3 nitrogen and oxygen atoms in total. The Morgan fingerprint density at radius 3 is 2.95 bits per heavy atom. The van der Waals surface area contributed by atoms with Crippen molar-refractivity contribution in [1.82, 2.24) is 4.90 Å². The van der Waals surface area contributed by atoms with Crippen molar-refractivity contribution in [3.05, 3.63) is 34.7 Å². The molecular weight excluding hydrogens is 258 g/mol. The molecule has 19 heavy (non-hydrogen) atoms. The molecule has 4 heteroatoms. The van der Waals surface area contributed by atoms with E-state index in [2.05, 4.69) is 0 Å². The van der Waals surface area contributed by atoms with Gasteiger partial charge in [-0.3, -0.25) is 9.59 Å². The molecule has 1 aromatic heterocycles. The summed E-state index contributed by atoms with van der Waals surface area (Å²) in [6, 6.07) is 7.75. The Kier molecular flexibility index (Phi) is 2.30. The van der Waals surface area contributed by atoms with Crippen molar-refractivity contribution in [2.24, 2.45) is 0 Å². The molecule has 4 rings (SSSR count). The Bertz CT molecular complexity index is 703. The number of hydrogen-bond donors (Lipinski definition) is 0. The molecule has 0 bridgehead atoms. The minimum Gasteiger partial charge on any atom is -0.332 e. The molecule has 1 amide bonds. The average Bonchev–Trinajstić information content (AvgIpc) is 3.00. The molecule has 1 unspecified atom stereocenters. The van der Waals surface area contributed by atoms with Gasteiger partial charge in [0.1, 0.15) is 0 Å². The molecule has 2 aliphatic heterocycles. The molecule has 1 fully saturated rings. The summed E-state index contributed by atoms with van der Waals surface area (Å²) in [6.45, 7) is 0.738. The van der Waals surface area contributed by atoms with E-state index in [4.69, 9.17) is 0 Å². The lowest BCUT2D eigenvalue weighted by molar-refractivity contribution is -0.130. The monoisotopic (exact) mass is 271 g/mol. The highest BCUT2D eigenvalue weighted by atomic mass is 32.1. The smallest absolute Gasteiger partial charge is 0.228 e. The average molecular weight is 271 g/mol. The molecule has 0 saturated carbocycles. The summed E-state index contributed by atoms with van der Waals surface area (Å²) in [5, 5.41) is 1.02. The molecule has 3 heterocycles. The summed E-state index contributed by atoms with van der Waals surface area (Å²) in [4.78, 5) is 27.7. The van der Waals surface area contributed by atoms with Crippen LogP contribution in [0.25, 0.3) is 10.1 Å². The van der Waals surface area contributed by atoms with Crippen molar-refractivity contribution in [3.63, 3.8) is 0 Å². The van der Waals surface area contributed by atoms with Crippen molar-refractivity contribution in [2.45, 2.75) is 25.3 Å². The molecule has 0 aliphatic carbocycles. The Morgan fingerprint density at radius 1 is 1.21 bits per heavy atom. The second-order valence-corrected chi connectivity index (χ2v) is 6.32. The first-order valence-electron chi connectivity index (χ1n) is 6.60. The van der Waals surface area contributed by atoms with Gasteiger partial charge in [-0.2, -0.15) is 0 Å². The van der Waals surface area contributed by atoms with Gasteiger partial charge in [0.2, 0.25) is 5.91 Å². The number of carbonyl (C=O) groups is 2. The van der Waals surface area contributed by atoms with Crippen LogP contribution in [0.5, 0.6) is 0 Å². The molecule has 2 aromatic rings. The Hall–Kier alpha value is -1.68. The summed E-state index contributed by atoms with van der Waals surface area (Å²) >= 11 is 1.59. The maximum atomic E-state index is 12.8. The SMILES string of the molecule is O=C1c2c(sc3ccccc23)CC(=O)N2CCCC12. The molecule has 96 valence electrons. The van der Waals surface area contributed by atoms with Crippen LogP contribution < -0.4 is 0 Å². The fourth-order valence-electron chi connectivity index (χ4n) is 3.23. The first-order valence-corrected chi connectivity index (χ1v) is 7.41. The summed E-state index contributed by atoms with van der Waals surface area (Å²) in [6.07, 6.45) is 2.14. The Morgan fingerprint density at radius 2 is 2.05 bits per heavy atom. The van der Waals surface area contributed by atoms with Gasteiger partial charge in [-0.15, -0.1) is 11.3 Å². The maximum Gasteiger partial charge on any atom is 0.228 e. The molecule has 2 aliphatic rings. The zero-order valence-corrected chi connectivity index (χ0v) is 11.2. The summed E-state index contributed by atoms with van der Waals surface area (Å²) < 4.78 is 1.11. The molecule has 1 saturated heterocycles. The van der Waals surface area contributed by atoms with Crippen molar-refractivity contribution in [2.75, 3.05) is 6.54 Å². The second kappa shape index (κ2) is 3.90. The van der Waals surface area contributed by atoms with Gasteiger partial charge in [-0.1, -0.05) is 18.2 Å². The van der Waals surface area contributed by atoms with Crippen LogP contribution >= 0.6 is 11.3 Å². The number of nitrogens with zero attached hydrogens (tertiary/aromatic N) is 1. The molecule has 0 radical (unpaired) electrons. The van der Waals surface area contributed by atoms with Crippen molar-refractivity contribution >= 4 is 33.1 Å². The number of benzene rings is 1. The van der Waals surface area contributed by atoms with Crippen LogP contribution in [0, 0.1) is 0 Å². The molecular formula is C15H13NO2S. The van der Waals surface area contributed by atoms with Crippen LogP contribution in [0.1, 0.15) is 28.1 Å². The standard InChI is InChI=1S/C15H13NO2S/c17-13-8-12-14(9-4-1-2-6-11(9)19-12)15(18)10-5-3-7-16(10)13/h1-2,4,6,10H,3,5,7-8H2. The number of rotatable bonds is 0. The number of amides is 1. The quantitative estimate of drug-likeness (QED) is 0.738. The van der Waals surface area contributed by atoms with E-state index in [-0.39, 0.29) is 17.7 Å². The topological polar surface area (TPSA) is 37.4 Å². The normalized spacial score (nSPS) is 22.5. The van der Waals surface area contributed by atoms with E-state index >= 15 is 0 Å². The minimum atomic E-state index is -0.216. The van der Waals surface area contributed by atoms with Crippen LogP contribution in [-0.2, 0) is 11.2 Å². The lowest BCUT2D eigenvalue weighted by Crippen LogP contribution is -2.38. The van der Waals surface area contributed by atoms with Crippen LogP contribution in [0.15, 0.2) is 24.3 Å². The highest BCUT2D eigenvalue weighted by molar-refractivity contribution is 7.19. The second-order valence-electron chi connectivity index (χ2n) is 5.18. The van der Waals surface area contributed by atoms with E-state index in [1.807, 2.05) is 24.3 Å². The molecule has 0 N–H and O–H groups in total. The predicted octanol–water partition coefficient (Wildman–Crippen LogP) is 2.63. The van der Waals surface area contributed by atoms with Gasteiger partial charge < -0.3 is 4.90 Å². The van der Waals surface area contributed by atoms with Crippen molar-refractivity contribution in [1.29, 1.82) is 0 Å². The third-order valence-electron chi connectivity index (χ3n) is 4.10. The number of fused-ring (bicyclic) bond motifs is 4. The number of hydrogen-bond acceptors (Lipinski definition) is 3. The fourth-order valence-corrected chi connectivity index (χ4v) is 4.43. The van der Waals surface area contributed by atoms with Crippen molar-refractivity contribution in [3.8, 4) is 0 Å². The molecule has 1 aromatic carbocycles. The van der Waals surface area contributed by atoms with E-state index < -0.39 is 0 Å². The van der Waals surface area contributed by atoms with Gasteiger partial charge in [-0.05, 0) is 18.9 Å². The van der Waals surface area contributed by atoms with Crippen LogP contribution in [-0.4, -0.2) is 29.2 Å². The summed E-state index contributed by atoms with van der Waals surface area (Å²) in [7, 11) is 0. The number of carbonyl (C=O) groups excluding carboxylic acids is 2. The highest BCUT2D eigenvalue weighted by Gasteiger charge is 2.39. The lowest BCUT2D eigenvalue weighted by Gasteiger charge is -2.20. The maximum absolute atomic E-state index is 12.8. The zero-order valence-electron chi connectivity index (χ0n) is 10.4. The lowest BCUT2D eigenvalue weighted by atomic mass is 10.00. The minimum absolute atomic E-state index is 0.112.